The van der Waals surface area contributed by atoms with Gasteiger partial charge >= 0.3 is 0 Å². The maximum Gasteiger partial charge on any atom is 0.168 e. The fourth-order valence-electron chi connectivity index (χ4n) is 3.97. The standard InChI is InChI=1S/C25H21Cl4FN2S.C2H6/c1-25(17-7-9-20(27)22(29)12-17)10-2-4-19(30)5-3-11-32-23(25)14-31-24(32)33-15-16-6-8-18(26)13-21(16)28;1-2/h3-9,12-14H,2,10-11,15H2,1H3;1-2H3/b5-3-,19-4+;. The van der Waals surface area contributed by atoms with Gasteiger partial charge in [-0.05, 0) is 67.3 Å². The minimum absolute atomic E-state index is 0.239. The van der Waals surface area contributed by atoms with Gasteiger partial charge in [-0.1, -0.05) is 90.2 Å². The summed E-state index contributed by atoms with van der Waals surface area (Å²) in [6, 6.07) is 11.2. The van der Waals surface area contributed by atoms with Crippen LogP contribution >= 0.6 is 58.2 Å². The molecule has 0 saturated carbocycles. The molecule has 1 unspecified atom stereocenters. The number of aromatic nitrogens is 2. The number of nitrogens with zero attached hydrogens (tertiary/aromatic N) is 2. The zero-order chi connectivity index (χ0) is 25.6. The average molecular weight is 572 g/mol. The van der Waals surface area contributed by atoms with Gasteiger partial charge in [0.1, 0.15) is 5.83 Å². The van der Waals surface area contributed by atoms with E-state index in [1.165, 1.54) is 6.08 Å². The Kier molecular flexibility index (Phi) is 10.2. The zero-order valence-electron chi connectivity index (χ0n) is 19.8. The van der Waals surface area contributed by atoms with E-state index in [4.69, 9.17) is 51.4 Å². The van der Waals surface area contributed by atoms with Gasteiger partial charge in [0.15, 0.2) is 5.16 Å². The number of hydrogen-bond acceptors (Lipinski definition) is 2. The third-order valence-electron chi connectivity index (χ3n) is 5.86. The molecule has 0 radical (unpaired) electrons. The fourth-order valence-corrected chi connectivity index (χ4v) is 5.81. The molecule has 0 bridgehead atoms. The molecule has 0 spiro atoms. The van der Waals surface area contributed by atoms with E-state index in [0.29, 0.717) is 45.2 Å². The first-order valence-corrected chi connectivity index (χ1v) is 13.9. The van der Waals surface area contributed by atoms with Gasteiger partial charge in [0.2, 0.25) is 0 Å². The van der Waals surface area contributed by atoms with E-state index < -0.39 is 5.41 Å². The highest BCUT2D eigenvalue weighted by Crippen LogP contribution is 2.41. The first-order valence-electron chi connectivity index (χ1n) is 11.4. The van der Waals surface area contributed by atoms with Gasteiger partial charge in [0.05, 0.1) is 16.2 Å². The van der Waals surface area contributed by atoms with Crippen molar-refractivity contribution in [3.05, 3.63) is 104 Å². The summed E-state index contributed by atoms with van der Waals surface area (Å²) >= 11 is 26.5. The predicted molar refractivity (Wildman–Crippen MR) is 150 cm³/mol. The quantitative estimate of drug-likeness (QED) is 0.290. The van der Waals surface area contributed by atoms with E-state index in [1.54, 1.807) is 30.0 Å². The second-order valence-electron chi connectivity index (χ2n) is 8.05. The highest BCUT2D eigenvalue weighted by Gasteiger charge is 2.33. The van der Waals surface area contributed by atoms with Crippen molar-refractivity contribution in [1.82, 2.24) is 9.55 Å². The summed E-state index contributed by atoms with van der Waals surface area (Å²) in [6.07, 6.45) is 8.11. The Morgan fingerprint density at radius 1 is 1.03 bits per heavy atom. The van der Waals surface area contributed by atoms with Crippen LogP contribution in [0, 0.1) is 0 Å². The predicted octanol–water partition coefficient (Wildman–Crippen LogP) is 10.3. The molecule has 1 aliphatic heterocycles. The first kappa shape index (κ1) is 28.1. The third-order valence-corrected chi connectivity index (χ3v) is 8.23. The molecule has 2 nitrogen and oxygen atoms in total. The summed E-state index contributed by atoms with van der Waals surface area (Å²) in [5, 5.41) is 3.05. The minimum atomic E-state index is -0.445. The topological polar surface area (TPSA) is 17.8 Å². The lowest BCUT2D eigenvalue weighted by molar-refractivity contribution is 0.473. The van der Waals surface area contributed by atoms with E-state index in [0.717, 1.165) is 22.0 Å². The number of hydrogen-bond donors (Lipinski definition) is 0. The highest BCUT2D eigenvalue weighted by atomic mass is 35.5. The smallest absolute Gasteiger partial charge is 0.168 e. The van der Waals surface area contributed by atoms with Crippen molar-refractivity contribution in [2.75, 3.05) is 0 Å². The molecule has 1 atom stereocenters. The van der Waals surface area contributed by atoms with Crippen LogP contribution in [0.2, 0.25) is 20.1 Å². The lowest BCUT2D eigenvalue weighted by atomic mass is 9.75. The number of benzene rings is 2. The van der Waals surface area contributed by atoms with Gasteiger partial charge < -0.3 is 4.57 Å². The molecule has 2 aromatic carbocycles. The van der Waals surface area contributed by atoms with Crippen molar-refractivity contribution < 1.29 is 4.39 Å². The van der Waals surface area contributed by atoms with Crippen LogP contribution in [-0.4, -0.2) is 9.55 Å². The molecule has 1 aromatic heterocycles. The number of rotatable bonds is 4. The van der Waals surface area contributed by atoms with Gasteiger partial charge in [-0.2, -0.15) is 0 Å². The monoisotopic (exact) mass is 570 g/mol. The van der Waals surface area contributed by atoms with Crippen LogP contribution in [0.3, 0.4) is 0 Å². The molecular weight excluding hydrogens is 545 g/mol. The fraction of sp³-hybridized carbons (Fsp3) is 0.296. The molecule has 35 heavy (non-hydrogen) atoms. The molecule has 0 saturated heterocycles. The van der Waals surface area contributed by atoms with Crippen molar-refractivity contribution in [3.8, 4) is 0 Å². The maximum absolute atomic E-state index is 14.2. The molecule has 0 amide bonds. The first-order chi connectivity index (χ1) is 16.8. The maximum atomic E-state index is 14.2. The highest BCUT2D eigenvalue weighted by molar-refractivity contribution is 7.98. The molecule has 0 aliphatic carbocycles. The number of imidazole rings is 1. The molecule has 2 heterocycles. The number of halogens is 5. The van der Waals surface area contributed by atoms with E-state index in [2.05, 4.69) is 11.5 Å². The Morgan fingerprint density at radius 3 is 2.51 bits per heavy atom. The van der Waals surface area contributed by atoms with Crippen LogP contribution in [-0.2, 0) is 17.7 Å². The molecule has 186 valence electrons. The van der Waals surface area contributed by atoms with Crippen LogP contribution in [0.4, 0.5) is 4.39 Å². The van der Waals surface area contributed by atoms with Crippen molar-refractivity contribution in [2.45, 2.75) is 56.5 Å². The SMILES string of the molecule is CC.CC1(c2ccc(Cl)c(Cl)c2)CC/C=C(F)\C=C/Cn2c1cnc2SCc1ccc(Cl)cc1Cl. The lowest BCUT2D eigenvalue weighted by Crippen LogP contribution is -2.27. The largest absolute Gasteiger partial charge is 0.318 e. The molecule has 3 aromatic rings. The number of allylic oxidation sites excluding steroid dienone is 4. The summed E-state index contributed by atoms with van der Waals surface area (Å²) in [6.45, 7) is 6.63. The molecule has 1 aliphatic rings. The van der Waals surface area contributed by atoms with Gasteiger partial charge in [0, 0.05) is 33.5 Å². The summed E-state index contributed by atoms with van der Waals surface area (Å²) in [5.41, 5.74) is 2.57. The van der Waals surface area contributed by atoms with Crippen LogP contribution < -0.4 is 0 Å². The van der Waals surface area contributed by atoms with E-state index in [-0.39, 0.29) is 5.83 Å². The second-order valence-corrected chi connectivity index (χ2v) is 10.7. The van der Waals surface area contributed by atoms with Crippen LogP contribution in [0.1, 0.15) is 50.4 Å². The van der Waals surface area contributed by atoms with E-state index >= 15 is 0 Å². The van der Waals surface area contributed by atoms with E-state index in [1.807, 2.05) is 50.4 Å². The number of thioether (sulfide) groups is 1. The van der Waals surface area contributed by atoms with Crippen molar-refractivity contribution in [1.29, 1.82) is 0 Å². The summed E-state index contributed by atoms with van der Waals surface area (Å²) in [4.78, 5) is 4.74. The number of fused-ring (bicyclic) bond motifs is 1. The van der Waals surface area contributed by atoms with Gasteiger partial charge in [0.25, 0.3) is 0 Å². The molecule has 4 rings (SSSR count). The molecule has 0 N–H and O–H groups in total. The zero-order valence-corrected chi connectivity index (χ0v) is 23.6. The van der Waals surface area contributed by atoms with Crippen LogP contribution in [0.25, 0.3) is 0 Å². The van der Waals surface area contributed by atoms with E-state index in [9.17, 15) is 4.39 Å². The summed E-state index contributed by atoms with van der Waals surface area (Å²) in [7, 11) is 0. The second kappa shape index (κ2) is 12.7. The molecular formula is C27H27Cl4FN2S. The Balaban J connectivity index is 0.00000167. The molecule has 8 heteroatoms. The summed E-state index contributed by atoms with van der Waals surface area (Å²) < 4.78 is 16.4. The minimum Gasteiger partial charge on any atom is -0.318 e. The Hall–Kier alpha value is -1.43. The normalized spacial score (nSPS) is 20.2. The lowest BCUT2D eigenvalue weighted by Gasteiger charge is -2.32. The Morgan fingerprint density at radius 2 is 1.80 bits per heavy atom. The van der Waals surface area contributed by atoms with Crippen LogP contribution in [0.15, 0.2) is 71.8 Å². The Bertz CT molecular complexity index is 1240. The summed E-state index contributed by atoms with van der Waals surface area (Å²) in [5.74, 6) is 0.394. The van der Waals surface area contributed by atoms with Gasteiger partial charge in [-0.15, -0.1) is 0 Å². The molecule has 0 fully saturated rings. The van der Waals surface area contributed by atoms with Gasteiger partial charge in [-0.3, -0.25) is 0 Å². The van der Waals surface area contributed by atoms with Gasteiger partial charge in [-0.25, -0.2) is 9.37 Å². The van der Waals surface area contributed by atoms with Crippen molar-refractivity contribution in [3.63, 3.8) is 0 Å². The van der Waals surface area contributed by atoms with Crippen LogP contribution in [0.5, 0.6) is 0 Å². The average Bonchev–Trinajstić information content (AvgIpc) is 3.24. The van der Waals surface area contributed by atoms with Crippen molar-refractivity contribution >= 4 is 58.2 Å². The van der Waals surface area contributed by atoms with Crippen molar-refractivity contribution in [2.24, 2.45) is 0 Å². The Labute approximate surface area is 231 Å². The third kappa shape index (κ3) is 6.67.